The molecule has 2 unspecified atom stereocenters. The number of nitrogens with zero attached hydrogens (tertiary/aromatic N) is 1. The van der Waals surface area contributed by atoms with Crippen LogP contribution in [0.25, 0.3) is 0 Å². The summed E-state index contributed by atoms with van der Waals surface area (Å²) in [5, 5.41) is 12.2. The summed E-state index contributed by atoms with van der Waals surface area (Å²) >= 11 is 0. The van der Waals surface area contributed by atoms with Gasteiger partial charge in [0.1, 0.15) is 0 Å². The molecular weight excluding hydrogens is 276 g/mol. The van der Waals surface area contributed by atoms with Gasteiger partial charge in [-0.1, -0.05) is 36.8 Å². The van der Waals surface area contributed by atoms with Gasteiger partial charge in [-0.3, -0.25) is 9.69 Å². The van der Waals surface area contributed by atoms with Crippen molar-refractivity contribution in [3.63, 3.8) is 0 Å². The molecule has 22 heavy (non-hydrogen) atoms. The lowest BCUT2D eigenvalue weighted by Crippen LogP contribution is -2.42. The van der Waals surface area contributed by atoms with Crippen LogP contribution in [0.4, 0.5) is 0 Å². The Morgan fingerprint density at radius 3 is 2.86 bits per heavy atom. The van der Waals surface area contributed by atoms with Crippen molar-refractivity contribution in [2.75, 3.05) is 19.7 Å². The van der Waals surface area contributed by atoms with Crippen molar-refractivity contribution in [2.45, 2.75) is 51.1 Å². The smallest absolute Gasteiger partial charge is 0.221 e. The van der Waals surface area contributed by atoms with E-state index >= 15 is 0 Å². The van der Waals surface area contributed by atoms with E-state index in [1.807, 2.05) is 37.3 Å². The van der Waals surface area contributed by atoms with E-state index in [9.17, 15) is 4.79 Å². The fraction of sp³-hybridized carbons (Fsp3) is 0.611. The lowest BCUT2D eigenvalue weighted by molar-refractivity contribution is -0.122. The Kier molecular flexibility index (Phi) is 6.87. The summed E-state index contributed by atoms with van der Waals surface area (Å²) in [7, 11) is 0. The van der Waals surface area contributed by atoms with E-state index < -0.39 is 0 Å². The van der Waals surface area contributed by atoms with Crippen molar-refractivity contribution < 1.29 is 9.90 Å². The zero-order valence-corrected chi connectivity index (χ0v) is 13.5. The second-order valence-electron chi connectivity index (χ2n) is 6.15. The van der Waals surface area contributed by atoms with Crippen LogP contribution in [0.1, 0.15) is 50.6 Å². The molecule has 4 nitrogen and oxygen atoms in total. The van der Waals surface area contributed by atoms with Crippen molar-refractivity contribution in [3.05, 3.63) is 35.9 Å². The Morgan fingerprint density at radius 2 is 2.14 bits per heavy atom. The predicted octanol–water partition coefficient (Wildman–Crippen LogP) is 2.49. The number of piperidine rings is 1. The summed E-state index contributed by atoms with van der Waals surface area (Å²) in [5.41, 5.74) is 1.13. The molecule has 1 aromatic carbocycles. The summed E-state index contributed by atoms with van der Waals surface area (Å²) in [6, 6.07) is 10.5. The number of likely N-dealkylation sites (tertiary alicyclic amines) is 1. The number of rotatable bonds is 7. The second-order valence-corrected chi connectivity index (χ2v) is 6.15. The molecule has 0 aromatic heterocycles. The van der Waals surface area contributed by atoms with Gasteiger partial charge in [0.15, 0.2) is 0 Å². The van der Waals surface area contributed by atoms with E-state index in [0.29, 0.717) is 12.5 Å². The molecular formula is C18H28N2O2. The number of aliphatic hydroxyl groups is 1. The summed E-state index contributed by atoms with van der Waals surface area (Å²) in [4.78, 5) is 14.5. The highest BCUT2D eigenvalue weighted by Crippen LogP contribution is 2.19. The van der Waals surface area contributed by atoms with Gasteiger partial charge in [-0.15, -0.1) is 0 Å². The van der Waals surface area contributed by atoms with E-state index in [1.165, 1.54) is 12.8 Å². The number of hydrogen-bond acceptors (Lipinski definition) is 3. The van der Waals surface area contributed by atoms with Crippen LogP contribution in [0.5, 0.6) is 0 Å². The molecule has 2 rings (SSSR count). The van der Waals surface area contributed by atoms with Gasteiger partial charge in [-0.25, -0.2) is 0 Å². The number of carbonyl (C=O) groups is 1. The highest BCUT2D eigenvalue weighted by Gasteiger charge is 2.22. The lowest BCUT2D eigenvalue weighted by atomic mass is 9.99. The van der Waals surface area contributed by atoms with Crippen LogP contribution in [0, 0.1) is 0 Å². The van der Waals surface area contributed by atoms with Crippen molar-refractivity contribution in [2.24, 2.45) is 0 Å². The van der Waals surface area contributed by atoms with Crippen LogP contribution in [0.3, 0.4) is 0 Å². The van der Waals surface area contributed by atoms with E-state index in [-0.39, 0.29) is 18.6 Å². The molecule has 122 valence electrons. The maximum atomic E-state index is 12.1. The molecule has 1 fully saturated rings. The largest absolute Gasteiger partial charge is 0.396 e. The standard InChI is InChI=1S/C18H28N2O2/c1-15(16-7-3-2-4-8-16)19-18(22)10-13-20-12-6-5-9-17(20)11-14-21/h2-4,7-8,15,17,21H,5-6,9-14H2,1H3,(H,19,22). The minimum atomic E-state index is 0.0447. The number of carbonyl (C=O) groups excluding carboxylic acids is 1. The van der Waals surface area contributed by atoms with Gasteiger partial charge in [0.05, 0.1) is 6.04 Å². The number of hydrogen-bond donors (Lipinski definition) is 2. The Balaban J connectivity index is 1.77. The Hall–Kier alpha value is -1.39. The van der Waals surface area contributed by atoms with Crippen molar-refractivity contribution in [1.29, 1.82) is 0 Å². The molecule has 0 spiro atoms. The van der Waals surface area contributed by atoms with Gasteiger partial charge in [-0.2, -0.15) is 0 Å². The third kappa shape index (κ3) is 5.11. The van der Waals surface area contributed by atoms with Crippen LogP contribution < -0.4 is 5.32 Å². The molecule has 1 saturated heterocycles. The minimum absolute atomic E-state index is 0.0447. The Labute approximate surface area is 133 Å². The molecule has 2 atom stereocenters. The zero-order valence-electron chi connectivity index (χ0n) is 13.5. The normalized spacial score (nSPS) is 20.5. The van der Waals surface area contributed by atoms with Gasteiger partial charge in [0.25, 0.3) is 0 Å². The number of amides is 1. The maximum absolute atomic E-state index is 12.1. The van der Waals surface area contributed by atoms with E-state index in [0.717, 1.165) is 31.5 Å². The van der Waals surface area contributed by atoms with E-state index in [2.05, 4.69) is 10.2 Å². The number of aliphatic hydroxyl groups excluding tert-OH is 1. The third-order valence-corrected chi connectivity index (χ3v) is 4.51. The molecule has 0 aliphatic carbocycles. The number of benzene rings is 1. The summed E-state index contributed by atoms with van der Waals surface area (Å²) in [6.07, 6.45) is 4.92. The fourth-order valence-electron chi connectivity index (χ4n) is 3.21. The van der Waals surface area contributed by atoms with Crippen molar-refractivity contribution >= 4 is 5.91 Å². The third-order valence-electron chi connectivity index (χ3n) is 4.51. The maximum Gasteiger partial charge on any atom is 0.221 e. The van der Waals surface area contributed by atoms with Crippen LogP contribution >= 0.6 is 0 Å². The molecule has 1 amide bonds. The topological polar surface area (TPSA) is 52.6 Å². The average molecular weight is 304 g/mol. The van der Waals surface area contributed by atoms with Crippen LogP contribution in [-0.2, 0) is 4.79 Å². The van der Waals surface area contributed by atoms with E-state index in [4.69, 9.17) is 5.11 Å². The monoisotopic (exact) mass is 304 g/mol. The average Bonchev–Trinajstić information content (AvgIpc) is 2.55. The molecule has 1 heterocycles. The molecule has 0 saturated carbocycles. The molecule has 1 aliphatic rings. The SMILES string of the molecule is CC(NC(=O)CCN1CCCCC1CCO)c1ccccc1. The Morgan fingerprint density at radius 1 is 1.36 bits per heavy atom. The first-order chi connectivity index (χ1) is 10.7. The van der Waals surface area contributed by atoms with Gasteiger partial charge in [0, 0.05) is 25.6 Å². The van der Waals surface area contributed by atoms with Crippen molar-refractivity contribution in [1.82, 2.24) is 10.2 Å². The Bertz CT molecular complexity index is 448. The molecule has 1 aliphatic heterocycles. The molecule has 1 aromatic rings. The minimum Gasteiger partial charge on any atom is -0.396 e. The summed E-state index contributed by atoms with van der Waals surface area (Å²) < 4.78 is 0. The lowest BCUT2D eigenvalue weighted by Gasteiger charge is -2.35. The molecule has 2 N–H and O–H groups in total. The molecule has 0 bridgehead atoms. The molecule has 0 radical (unpaired) electrons. The summed E-state index contributed by atoms with van der Waals surface area (Å²) in [5.74, 6) is 0.102. The van der Waals surface area contributed by atoms with E-state index in [1.54, 1.807) is 0 Å². The quantitative estimate of drug-likeness (QED) is 0.814. The molecule has 4 heteroatoms. The highest BCUT2D eigenvalue weighted by atomic mass is 16.3. The van der Waals surface area contributed by atoms with Gasteiger partial charge in [0.2, 0.25) is 5.91 Å². The van der Waals surface area contributed by atoms with Gasteiger partial charge in [-0.05, 0) is 38.3 Å². The second kappa shape index (κ2) is 8.91. The van der Waals surface area contributed by atoms with Crippen LogP contribution in [0.2, 0.25) is 0 Å². The highest BCUT2D eigenvalue weighted by molar-refractivity contribution is 5.76. The van der Waals surface area contributed by atoms with Crippen molar-refractivity contribution in [3.8, 4) is 0 Å². The fourth-order valence-corrected chi connectivity index (χ4v) is 3.21. The van der Waals surface area contributed by atoms with Gasteiger partial charge >= 0.3 is 0 Å². The first-order valence-electron chi connectivity index (χ1n) is 8.40. The zero-order chi connectivity index (χ0) is 15.8. The van der Waals surface area contributed by atoms with Crippen LogP contribution in [0.15, 0.2) is 30.3 Å². The summed E-state index contributed by atoms with van der Waals surface area (Å²) in [6.45, 7) is 4.09. The predicted molar refractivity (Wildman–Crippen MR) is 88.5 cm³/mol. The number of nitrogens with one attached hydrogen (secondary N) is 1. The first-order valence-corrected chi connectivity index (χ1v) is 8.40. The van der Waals surface area contributed by atoms with Crippen LogP contribution in [-0.4, -0.2) is 41.7 Å². The first kappa shape index (κ1) is 17.0. The van der Waals surface area contributed by atoms with Gasteiger partial charge < -0.3 is 10.4 Å².